The number of hydrogen-bond acceptors (Lipinski definition) is 4. The Morgan fingerprint density at radius 1 is 0.829 bits per heavy atom. The van der Waals surface area contributed by atoms with Crippen molar-refractivity contribution in [2.45, 2.75) is 95.8 Å². The number of likely N-dealkylation sites (tertiary alicyclic amines) is 1. The van der Waals surface area contributed by atoms with Gasteiger partial charge in [0.1, 0.15) is 0 Å². The Balaban J connectivity index is 1.53. The molecule has 41 heavy (non-hydrogen) atoms. The topological polar surface area (TPSA) is 48.0 Å². The molecule has 4 rings (SSSR count). The molecule has 0 radical (unpaired) electrons. The van der Waals surface area contributed by atoms with Crippen molar-refractivity contribution < 1.29 is 31.9 Å². The summed E-state index contributed by atoms with van der Waals surface area (Å²) in [4.78, 5) is 13.7. The van der Waals surface area contributed by atoms with E-state index in [4.69, 9.17) is 13.9 Å². The molecule has 1 aliphatic carbocycles. The monoisotopic (exact) mass is 591 g/mol. The summed E-state index contributed by atoms with van der Waals surface area (Å²) in [5.74, 6) is -1.77. The van der Waals surface area contributed by atoms with Gasteiger partial charge in [-0.15, -0.1) is 0 Å². The van der Waals surface area contributed by atoms with Gasteiger partial charge in [0.15, 0.2) is 8.32 Å². The third-order valence-electron chi connectivity index (χ3n) is 9.16. The van der Waals surface area contributed by atoms with E-state index in [2.05, 4.69) is 33.9 Å². The maximum Gasteiger partial charge on any atom is 0.471 e. The molecule has 9 heteroatoms. The van der Waals surface area contributed by atoms with Crippen LogP contribution in [-0.4, -0.2) is 56.7 Å². The first-order valence-electron chi connectivity index (χ1n) is 14.6. The van der Waals surface area contributed by atoms with Gasteiger partial charge in [0.2, 0.25) is 0 Å². The van der Waals surface area contributed by atoms with E-state index in [0.717, 1.165) is 16.0 Å². The highest BCUT2D eigenvalue weighted by molar-refractivity contribution is 6.74. The van der Waals surface area contributed by atoms with Crippen LogP contribution in [0.2, 0.25) is 18.1 Å². The van der Waals surface area contributed by atoms with Crippen LogP contribution >= 0.6 is 0 Å². The highest BCUT2D eigenvalue weighted by atomic mass is 28.4. The van der Waals surface area contributed by atoms with E-state index < -0.39 is 26.4 Å². The molecule has 1 amide bonds. The second-order valence-electron chi connectivity index (χ2n) is 13.1. The largest absolute Gasteiger partial charge is 0.471 e. The summed E-state index contributed by atoms with van der Waals surface area (Å²) in [5, 5.41) is -0.0897. The van der Waals surface area contributed by atoms with Crippen molar-refractivity contribution in [2.24, 2.45) is 11.8 Å². The fourth-order valence-electron chi connectivity index (χ4n) is 5.67. The van der Waals surface area contributed by atoms with Crippen LogP contribution in [-0.2, 0) is 31.9 Å². The maximum atomic E-state index is 13.7. The number of rotatable bonds is 9. The van der Waals surface area contributed by atoms with E-state index in [9.17, 15) is 18.0 Å². The van der Waals surface area contributed by atoms with Gasteiger partial charge in [0.25, 0.3) is 0 Å². The lowest BCUT2D eigenvalue weighted by molar-refractivity contribution is -0.196. The van der Waals surface area contributed by atoms with E-state index >= 15 is 0 Å². The number of benzene rings is 2. The van der Waals surface area contributed by atoms with Crippen molar-refractivity contribution in [3.63, 3.8) is 0 Å². The summed E-state index contributed by atoms with van der Waals surface area (Å²) < 4.78 is 60.4. The van der Waals surface area contributed by atoms with E-state index in [1.165, 1.54) is 0 Å². The minimum absolute atomic E-state index is 0.0468. The lowest BCUT2D eigenvalue weighted by atomic mass is 9.70. The van der Waals surface area contributed by atoms with Gasteiger partial charge in [0.05, 0.1) is 38.1 Å². The highest BCUT2D eigenvalue weighted by Crippen LogP contribution is 2.43. The van der Waals surface area contributed by atoms with Crippen molar-refractivity contribution in [1.29, 1.82) is 0 Å². The van der Waals surface area contributed by atoms with Crippen LogP contribution in [0.1, 0.15) is 51.2 Å². The van der Waals surface area contributed by atoms with Gasteiger partial charge < -0.3 is 18.8 Å². The Labute approximate surface area is 243 Å². The van der Waals surface area contributed by atoms with E-state index in [-0.39, 0.29) is 42.2 Å². The maximum absolute atomic E-state index is 13.7. The number of piperidine rings is 1. The molecule has 0 aromatic heterocycles. The zero-order valence-corrected chi connectivity index (χ0v) is 25.8. The number of carbonyl (C=O) groups excluding carboxylic acids is 1. The smallest absolute Gasteiger partial charge is 0.415 e. The average Bonchev–Trinajstić information content (AvgIpc) is 2.92. The number of hydrogen-bond donors (Lipinski definition) is 0. The molecule has 2 aromatic rings. The molecule has 5 nitrogen and oxygen atoms in total. The second kappa shape index (κ2) is 13.0. The van der Waals surface area contributed by atoms with Crippen LogP contribution in [0.5, 0.6) is 0 Å². The fourth-order valence-corrected chi connectivity index (χ4v) is 6.71. The molecule has 1 saturated carbocycles. The van der Waals surface area contributed by atoms with Gasteiger partial charge in [-0.2, -0.15) is 13.2 Å². The van der Waals surface area contributed by atoms with E-state index in [1.54, 1.807) is 0 Å². The molecule has 2 aromatic carbocycles. The molecule has 0 spiro atoms. The van der Waals surface area contributed by atoms with Gasteiger partial charge in [-0.3, -0.25) is 4.79 Å². The first kappa shape index (κ1) is 31.7. The highest BCUT2D eigenvalue weighted by Gasteiger charge is 2.51. The summed E-state index contributed by atoms with van der Waals surface area (Å²) in [6.45, 7) is 11.4. The molecule has 0 unspecified atom stereocenters. The third kappa shape index (κ3) is 8.21. The minimum Gasteiger partial charge on any atom is -0.415 e. The Morgan fingerprint density at radius 2 is 1.32 bits per heavy atom. The SMILES string of the molecule is CC(C)(C)[Si](C)(C)OC[C@@H]1C[C@@H]2C[C@@H](OCc3ccccc3)[C@H](OCc3ccccc3)C[C@H]2CN1C(=O)C(F)(F)F. The number of alkyl halides is 3. The standard InChI is InChI=1S/C32H44F3NO4Si/c1-31(2,3)41(4,5)40-22-27-16-25-17-28(38-20-23-12-8-6-9-13-23)29(39-21-24-14-10-7-11-15-24)18-26(25)19-36(27)30(37)32(33,34)35/h6-15,25-29H,16-22H2,1-5H3/t25-,26+,27+,28-,29-/m1/s1. The van der Waals surface area contributed by atoms with Gasteiger partial charge in [0, 0.05) is 6.54 Å². The molecule has 1 aliphatic heterocycles. The predicted molar refractivity (Wildman–Crippen MR) is 156 cm³/mol. The molecule has 1 heterocycles. The Hall–Kier alpha value is -2.20. The Kier molecular flexibility index (Phi) is 10.0. The Morgan fingerprint density at radius 3 is 1.78 bits per heavy atom. The quantitative estimate of drug-likeness (QED) is 0.286. The zero-order valence-electron chi connectivity index (χ0n) is 24.8. The molecule has 1 saturated heterocycles. The van der Waals surface area contributed by atoms with Crippen molar-refractivity contribution in [3.8, 4) is 0 Å². The number of ether oxygens (including phenoxy) is 2. The van der Waals surface area contributed by atoms with Crippen molar-refractivity contribution >= 4 is 14.2 Å². The summed E-state index contributed by atoms with van der Waals surface area (Å²) in [6.07, 6.45) is -3.76. The second-order valence-corrected chi connectivity index (χ2v) is 17.9. The van der Waals surface area contributed by atoms with Crippen LogP contribution < -0.4 is 0 Å². The molecule has 0 N–H and O–H groups in total. The molecule has 5 atom stereocenters. The first-order chi connectivity index (χ1) is 19.2. The van der Waals surface area contributed by atoms with E-state index in [1.807, 2.05) is 60.7 Å². The number of fused-ring (bicyclic) bond motifs is 1. The molecule has 0 bridgehead atoms. The zero-order chi connectivity index (χ0) is 29.8. The molecule has 2 aliphatic rings. The third-order valence-corrected chi connectivity index (χ3v) is 13.7. The lowest BCUT2D eigenvalue weighted by Gasteiger charge is -2.50. The molecular weight excluding hydrogens is 547 g/mol. The van der Waals surface area contributed by atoms with Crippen molar-refractivity contribution in [1.82, 2.24) is 4.90 Å². The molecular formula is C32H44F3NO4Si. The van der Waals surface area contributed by atoms with Gasteiger partial charge >= 0.3 is 12.1 Å². The van der Waals surface area contributed by atoms with Crippen LogP contribution in [0.4, 0.5) is 13.2 Å². The van der Waals surface area contributed by atoms with E-state index in [0.29, 0.717) is 32.5 Å². The fraction of sp³-hybridized carbons (Fsp3) is 0.594. The van der Waals surface area contributed by atoms with Gasteiger partial charge in [-0.1, -0.05) is 81.4 Å². The summed E-state index contributed by atoms with van der Waals surface area (Å²) >= 11 is 0. The Bertz CT molecular complexity index is 1120. The van der Waals surface area contributed by atoms with Crippen molar-refractivity contribution in [2.75, 3.05) is 13.2 Å². The summed E-state index contributed by atoms with van der Waals surface area (Å²) in [5.41, 5.74) is 2.08. The molecule has 2 fully saturated rings. The van der Waals surface area contributed by atoms with Gasteiger partial charge in [-0.05, 0) is 60.4 Å². The predicted octanol–water partition coefficient (Wildman–Crippen LogP) is 7.37. The van der Waals surface area contributed by atoms with Crippen LogP contribution in [0.25, 0.3) is 0 Å². The number of nitrogens with zero attached hydrogens (tertiary/aromatic N) is 1. The number of amides is 1. The minimum atomic E-state index is -4.93. The lowest BCUT2D eigenvalue weighted by Crippen LogP contribution is -2.59. The summed E-state index contributed by atoms with van der Waals surface area (Å²) in [6, 6.07) is 19.1. The normalized spacial score (nSPS) is 25.6. The molecule has 226 valence electrons. The first-order valence-corrected chi connectivity index (χ1v) is 17.5. The summed E-state index contributed by atoms with van der Waals surface area (Å²) in [7, 11) is -2.22. The van der Waals surface area contributed by atoms with Crippen LogP contribution in [0, 0.1) is 11.8 Å². The van der Waals surface area contributed by atoms with Crippen molar-refractivity contribution in [3.05, 3.63) is 71.8 Å². The van der Waals surface area contributed by atoms with Crippen LogP contribution in [0.15, 0.2) is 60.7 Å². The number of carbonyl (C=O) groups is 1. The average molecular weight is 592 g/mol. The number of halogens is 3. The van der Waals surface area contributed by atoms with Gasteiger partial charge in [-0.25, -0.2) is 0 Å². The van der Waals surface area contributed by atoms with Crippen LogP contribution in [0.3, 0.4) is 0 Å².